The second kappa shape index (κ2) is 7.38. The van der Waals surface area contributed by atoms with Crippen molar-refractivity contribution in [1.82, 2.24) is 10.2 Å². The summed E-state index contributed by atoms with van der Waals surface area (Å²) < 4.78 is 0. The van der Waals surface area contributed by atoms with E-state index in [1.807, 2.05) is 0 Å². The molecule has 0 amide bonds. The summed E-state index contributed by atoms with van der Waals surface area (Å²) >= 11 is 0. The summed E-state index contributed by atoms with van der Waals surface area (Å²) in [7, 11) is 2.07. The van der Waals surface area contributed by atoms with Crippen LogP contribution in [-0.4, -0.2) is 38.1 Å². The maximum absolute atomic E-state index is 3.35. The van der Waals surface area contributed by atoms with Gasteiger partial charge in [-0.2, -0.15) is 0 Å². The van der Waals surface area contributed by atoms with Gasteiger partial charge in [0.1, 0.15) is 0 Å². The second-order valence-electron chi connectivity index (χ2n) is 6.24. The topological polar surface area (TPSA) is 15.3 Å². The predicted molar refractivity (Wildman–Crippen MR) is 76.4 cm³/mol. The van der Waals surface area contributed by atoms with Crippen LogP contribution in [0.5, 0.6) is 0 Å². The highest BCUT2D eigenvalue weighted by Crippen LogP contribution is 2.30. The van der Waals surface area contributed by atoms with Crippen molar-refractivity contribution in [3.63, 3.8) is 0 Å². The summed E-state index contributed by atoms with van der Waals surface area (Å²) in [6, 6.07) is 0. The van der Waals surface area contributed by atoms with E-state index in [1.54, 1.807) is 0 Å². The van der Waals surface area contributed by atoms with Crippen LogP contribution in [0, 0.1) is 11.3 Å². The van der Waals surface area contributed by atoms with Gasteiger partial charge in [-0.1, -0.05) is 40.0 Å². The zero-order valence-corrected chi connectivity index (χ0v) is 12.4. The maximum Gasteiger partial charge on any atom is 0.00481 e. The Balaban J connectivity index is 2.32. The van der Waals surface area contributed by atoms with Crippen LogP contribution in [0.15, 0.2) is 0 Å². The molecule has 0 saturated carbocycles. The average molecular weight is 240 g/mol. The molecule has 0 aliphatic carbocycles. The number of hydrogen-bond acceptors (Lipinski definition) is 2. The number of likely N-dealkylation sites (tertiary alicyclic amines) is 1. The summed E-state index contributed by atoms with van der Waals surface area (Å²) in [5, 5.41) is 3.35. The molecule has 0 bridgehead atoms. The summed E-state index contributed by atoms with van der Waals surface area (Å²) in [6.07, 6.45) is 6.87. The lowest BCUT2D eigenvalue weighted by Gasteiger charge is -2.26. The van der Waals surface area contributed by atoms with E-state index >= 15 is 0 Å². The van der Waals surface area contributed by atoms with Crippen LogP contribution in [0.25, 0.3) is 0 Å². The van der Waals surface area contributed by atoms with Crippen LogP contribution in [0.3, 0.4) is 0 Å². The van der Waals surface area contributed by atoms with Crippen LogP contribution in [-0.2, 0) is 0 Å². The van der Waals surface area contributed by atoms with Crippen molar-refractivity contribution in [2.75, 3.05) is 33.2 Å². The van der Waals surface area contributed by atoms with Crippen molar-refractivity contribution in [2.45, 2.75) is 52.9 Å². The van der Waals surface area contributed by atoms with E-state index in [0.717, 1.165) is 12.5 Å². The third-order valence-electron chi connectivity index (χ3n) is 4.30. The minimum atomic E-state index is 0.512. The van der Waals surface area contributed by atoms with E-state index in [1.165, 1.54) is 51.7 Å². The largest absolute Gasteiger partial charge is 0.319 e. The summed E-state index contributed by atoms with van der Waals surface area (Å²) in [5.74, 6) is 0.923. The van der Waals surface area contributed by atoms with Crippen LogP contribution in [0.2, 0.25) is 0 Å². The molecular weight excluding hydrogens is 208 g/mol. The Labute approximate surface area is 108 Å². The van der Waals surface area contributed by atoms with Crippen LogP contribution < -0.4 is 5.32 Å². The van der Waals surface area contributed by atoms with Crippen molar-refractivity contribution in [1.29, 1.82) is 0 Å². The first kappa shape index (κ1) is 15.0. The van der Waals surface area contributed by atoms with Gasteiger partial charge in [-0.3, -0.25) is 0 Å². The van der Waals surface area contributed by atoms with Gasteiger partial charge < -0.3 is 10.2 Å². The lowest BCUT2D eigenvalue weighted by atomic mass is 9.90. The average Bonchev–Trinajstić information content (AvgIpc) is 2.66. The summed E-state index contributed by atoms with van der Waals surface area (Å²) in [4.78, 5) is 2.70. The lowest BCUT2D eigenvalue weighted by Crippen LogP contribution is -2.34. The molecule has 1 aliphatic heterocycles. The molecule has 102 valence electrons. The van der Waals surface area contributed by atoms with Gasteiger partial charge in [0.05, 0.1) is 0 Å². The zero-order chi connectivity index (χ0) is 12.7. The first-order chi connectivity index (χ1) is 8.13. The number of nitrogens with zero attached hydrogens (tertiary/aromatic N) is 1. The fraction of sp³-hybridized carbons (Fsp3) is 1.00. The molecule has 1 rings (SSSR count). The Morgan fingerprint density at radius 3 is 2.71 bits per heavy atom. The molecule has 2 atom stereocenters. The third kappa shape index (κ3) is 4.97. The van der Waals surface area contributed by atoms with Gasteiger partial charge in [-0.15, -0.1) is 0 Å². The first-order valence-corrected chi connectivity index (χ1v) is 7.50. The van der Waals surface area contributed by atoms with Crippen LogP contribution in [0.4, 0.5) is 0 Å². The van der Waals surface area contributed by atoms with E-state index < -0.39 is 0 Å². The third-order valence-corrected chi connectivity index (χ3v) is 4.30. The molecule has 17 heavy (non-hydrogen) atoms. The maximum atomic E-state index is 3.35. The van der Waals surface area contributed by atoms with Gasteiger partial charge in [0.15, 0.2) is 0 Å². The number of nitrogens with one attached hydrogen (secondary N) is 1. The van der Waals surface area contributed by atoms with Crippen molar-refractivity contribution < 1.29 is 0 Å². The predicted octanol–water partition coefficient (Wildman–Crippen LogP) is 3.13. The number of unbranched alkanes of at least 4 members (excludes halogenated alkanes) is 1. The molecule has 1 N–H and O–H groups in total. The Morgan fingerprint density at radius 1 is 1.35 bits per heavy atom. The van der Waals surface area contributed by atoms with E-state index in [4.69, 9.17) is 0 Å². The molecule has 0 aromatic heterocycles. The van der Waals surface area contributed by atoms with Crippen LogP contribution >= 0.6 is 0 Å². The molecule has 0 spiro atoms. The molecule has 0 aromatic carbocycles. The molecule has 0 aromatic rings. The minimum absolute atomic E-state index is 0.512. The van der Waals surface area contributed by atoms with Gasteiger partial charge in [0.25, 0.3) is 0 Å². The summed E-state index contributed by atoms with van der Waals surface area (Å²) in [6.45, 7) is 12.2. The lowest BCUT2D eigenvalue weighted by molar-refractivity contribution is 0.227. The monoisotopic (exact) mass is 240 g/mol. The minimum Gasteiger partial charge on any atom is -0.319 e. The molecule has 1 aliphatic rings. The quantitative estimate of drug-likeness (QED) is 0.701. The van der Waals surface area contributed by atoms with E-state index in [2.05, 4.69) is 38.0 Å². The van der Waals surface area contributed by atoms with Crippen molar-refractivity contribution in [2.24, 2.45) is 11.3 Å². The SMILES string of the molecule is CCCCC(CC)CN1CCC(C)(CNC)C1. The zero-order valence-electron chi connectivity index (χ0n) is 12.4. The first-order valence-electron chi connectivity index (χ1n) is 7.50. The van der Waals surface area contributed by atoms with E-state index in [9.17, 15) is 0 Å². The smallest absolute Gasteiger partial charge is 0.00481 e. The fourth-order valence-corrected chi connectivity index (χ4v) is 3.14. The highest BCUT2D eigenvalue weighted by atomic mass is 15.2. The Hall–Kier alpha value is -0.0800. The Kier molecular flexibility index (Phi) is 6.50. The van der Waals surface area contributed by atoms with Gasteiger partial charge in [-0.05, 0) is 37.8 Å². The number of rotatable bonds is 8. The molecule has 1 saturated heterocycles. The van der Waals surface area contributed by atoms with Gasteiger partial charge in [0.2, 0.25) is 0 Å². The van der Waals surface area contributed by atoms with Gasteiger partial charge in [-0.25, -0.2) is 0 Å². The second-order valence-corrected chi connectivity index (χ2v) is 6.24. The molecule has 2 heteroatoms. The molecular formula is C15H32N2. The molecule has 2 unspecified atom stereocenters. The highest BCUT2D eigenvalue weighted by molar-refractivity contribution is 4.88. The summed E-state index contributed by atoms with van der Waals surface area (Å²) in [5.41, 5.74) is 0.512. The standard InChI is InChI=1S/C15H32N2/c1-5-7-8-14(6-2)11-17-10-9-15(3,13-17)12-16-4/h14,16H,5-13H2,1-4H3. The Bertz CT molecular complexity index is 205. The Morgan fingerprint density at radius 2 is 2.12 bits per heavy atom. The molecule has 2 nitrogen and oxygen atoms in total. The van der Waals surface area contributed by atoms with Crippen molar-refractivity contribution >= 4 is 0 Å². The van der Waals surface area contributed by atoms with Crippen molar-refractivity contribution in [3.8, 4) is 0 Å². The van der Waals surface area contributed by atoms with Crippen molar-refractivity contribution in [3.05, 3.63) is 0 Å². The fourth-order valence-electron chi connectivity index (χ4n) is 3.14. The highest BCUT2D eigenvalue weighted by Gasteiger charge is 2.33. The normalized spacial score (nSPS) is 27.5. The van der Waals surface area contributed by atoms with Gasteiger partial charge >= 0.3 is 0 Å². The van der Waals surface area contributed by atoms with E-state index in [-0.39, 0.29) is 0 Å². The number of hydrogen-bond donors (Lipinski definition) is 1. The van der Waals surface area contributed by atoms with E-state index in [0.29, 0.717) is 5.41 Å². The van der Waals surface area contributed by atoms with Gasteiger partial charge in [0, 0.05) is 19.6 Å². The van der Waals surface area contributed by atoms with Crippen LogP contribution in [0.1, 0.15) is 52.9 Å². The molecule has 0 radical (unpaired) electrons. The molecule has 1 fully saturated rings. The molecule has 1 heterocycles.